The molecular weight excluding hydrogens is 266 g/mol. The molecule has 0 radical (unpaired) electrons. The standard InChI is InChI=1S/C13H17NO4S/c1-9(15)8-13(16)14-10(2)11-4-6-12(7-5-11)19(3,17)18/h4-7,10H,8H2,1-3H3,(H,14,16). The van der Waals surface area contributed by atoms with Crippen molar-refractivity contribution in [2.24, 2.45) is 0 Å². The van der Waals surface area contributed by atoms with E-state index in [2.05, 4.69) is 5.32 Å². The van der Waals surface area contributed by atoms with Crippen molar-refractivity contribution >= 4 is 21.5 Å². The van der Waals surface area contributed by atoms with Crippen LogP contribution in [0.5, 0.6) is 0 Å². The second-order valence-corrected chi connectivity index (χ2v) is 6.52. The van der Waals surface area contributed by atoms with Crippen LogP contribution in [0.4, 0.5) is 0 Å². The molecule has 6 heteroatoms. The molecule has 0 saturated carbocycles. The highest BCUT2D eigenvalue weighted by Gasteiger charge is 2.12. The maximum atomic E-state index is 11.4. The Kier molecular flexibility index (Phi) is 4.83. The molecule has 0 aliphatic heterocycles. The zero-order chi connectivity index (χ0) is 14.6. The lowest BCUT2D eigenvalue weighted by Gasteiger charge is -2.14. The fourth-order valence-corrected chi connectivity index (χ4v) is 2.24. The predicted octanol–water partition coefficient (Wildman–Crippen LogP) is 1.25. The second-order valence-electron chi connectivity index (χ2n) is 4.51. The van der Waals surface area contributed by atoms with E-state index in [0.717, 1.165) is 11.8 Å². The number of nitrogens with one attached hydrogen (secondary N) is 1. The molecular formula is C13H17NO4S. The Balaban J connectivity index is 2.76. The summed E-state index contributed by atoms with van der Waals surface area (Å²) in [4.78, 5) is 22.5. The van der Waals surface area contributed by atoms with Crippen molar-refractivity contribution in [3.63, 3.8) is 0 Å². The van der Waals surface area contributed by atoms with E-state index in [1.807, 2.05) is 0 Å². The lowest BCUT2D eigenvalue weighted by Crippen LogP contribution is -2.27. The molecule has 1 aromatic carbocycles. The van der Waals surface area contributed by atoms with Crippen molar-refractivity contribution in [3.05, 3.63) is 29.8 Å². The minimum absolute atomic E-state index is 0.147. The summed E-state index contributed by atoms with van der Waals surface area (Å²) in [5.41, 5.74) is 0.782. The van der Waals surface area contributed by atoms with Crippen LogP contribution >= 0.6 is 0 Å². The number of Topliss-reactive ketones (excluding diaryl/α,β-unsaturated/α-hetero) is 1. The van der Waals surface area contributed by atoms with Gasteiger partial charge < -0.3 is 5.32 Å². The molecule has 5 nitrogen and oxygen atoms in total. The Hall–Kier alpha value is -1.69. The van der Waals surface area contributed by atoms with Gasteiger partial charge in [0.25, 0.3) is 0 Å². The molecule has 0 saturated heterocycles. The van der Waals surface area contributed by atoms with E-state index >= 15 is 0 Å². The van der Waals surface area contributed by atoms with Gasteiger partial charge in [0.1, 0.15) is 5.78 Å². The van der Waals surface area contributed by atoms with Crippen molar-refractivity contribution in [1.82, 2.24) is 5.32 Å². The molecule has 104 valence electrons. The third kappa shape index (κ3) is 4.82. The lowest BCUT2D eigenvalue weighted by molar-refractivity contribution is -0.127. The van der Waals surface area contributed by atoms with Crippen molar-refractivity contribution in [2.45, 2.75) is 31.2 Å². The number of hydrogen-bond donors (Lipinski definition) is 1. The highest BCUT2D eigenvalue weighted by atomic mass is 32.2. The Morgan fingerprint density at radius 3 is 2.16 bits per heavy atom. The number of sulfone groups is 1. The highest BCUT2D eigenvalue weighted by Crippen LogP contribution is 2.16. The van der Waals surface area contributed by atoms with E-state index in [4.69, 9.17) is 0 Å². The average molecular weight is 283 g/mol. The van der Waals surface area contributed by atoms with Gasteiger partial charge in [-0.2, -0.15) is 0 Å². The van der Waals surface area contributed by atoms with Gasteiger partial charge in [-0.1, -0.05) is 12.1 Å². The molecule has 1 aromatic rings. The monoisotopic (exact) mass is 283 g/mol. The van der Waals surface area contributed by atoms with Crippen LogP contribution in [0.2, 0.25) is 0 Å². The van der Waals surface area contributed by atoms with E-state index in [9.17, 15) is 18.0 Å². The maximum absolute atomic E-state index is 11.4. The SMILES string of the molecule is CC(=O)CC(=O)NC(C)c1ccc(S(C)(=O)=O)cc1. The molecule has 1 amide bonds. The van der Waals surface area contributed by atoms with Gasteiger partial charge in [0.15, 0.2) is 9.84 Å². The van der Waals surface area contributed by atoms with Crippen molar-refractivity contribution < 1.29 is 18.0 Å². The van der Waals surface area contributed by atoms with Crippen molar-refractivity contribution in [1.29, 1.82) is 0 Å². The summed E-state index contributed by atoms with van der Waals surface area (Å²) in [5.74, 6) is -0.538. The van der Waals surface area contributed by atoms with Crippen LogP contribution in [0, 0.1) is 0 Å². The largest absolute Gasteiger partial charge is 0.349 e. The summed E-state index contributed by atoms with van der Waals surface area (Å²) in [6.45, 7) is 3.12. The first-order valence-corrected chi connectivity index (χ1v) is 7.68. The van der Waals surface area contributed by atoms with Gasteiger partial charge in [0.2, 0.25) is 5.91 Å². The number of carbonyl (C=O) groups is 2. The number of carbonyl (C=O) groups excluding carboxylic acids is 2. The first-order valence-electron chi connectivity index (χ1n) is 5.79. The molecule has 0 fully saturated rings. The van der Waals surface area contributed by atoms with Gasteiger partial charge in [0, 0.05) is 6.26 Å². The van der Waals surface area contributed by atoms with E-state index in [1.54, 1.807) is 19.1 Å². The minimum atomic E-state index is -3.22. The number of ketones is 1. The predicted molar refractivity (Wildman–Crippen MR) is 71.4 cm³/mol. The summed E-state index contributed by atoms with van der Waals surface area (Å²) >= 11 is 0. The third-order valence-electron chi connectivity index (χ3n) is 2.60. The molecule has 1 N–H and O–H groups in total. The van der Waals surface area contributed by atoms with Crippen molar-refractivity contribution in [3.8, 4) is 0 Å². The van der Waals surface area contributed by atoms with Crippen LogP contribution in [0.15, 0.2) is 29.2 Å². The quantitative estimate of drug-likeness (QED) is 0.825. The molecule has 1 atom stereocenters. The topological polar surface area (TPSA) is 80.3 Å². The number of benzene rings is 1. The first-order chi connectivity index (χ1) is 8.70. The summed E-state index contributed by atoms with van der Waals surface area (Å²) in [6, 6.07) is 6.02. The van der Waals surface area contributed by atoms with Crippen LogP contribution in [-0.2, 0) is 19.4 Å². The van der Waals surface area contributed by atoms with Crippen LogP contribution in [0.25, 0.3) is 0 Å². The average Bonchev–Trinajstić information content (AvgIpc) is 2.26. The number of amides is 1. The maximum Gasteiger partial charge on any atom is 0.227 e. The third-order valence-corrected chi connectivity index (χ3v) is 3.72. The molecule has 0 spiro atoms. The zero-order valence-electron chi connectivity index (χ0n) is 11.1. The molecule has 0 aromatic heterocycles. The molecule has 0 aliphatic carbocycles. The molecule has 1 rings (SSSR count). The summed E-state index contributed by atoms with van der Waals surface area (Å²) in [7, 11) is -3.22. The minimum Gasteiger partial charge on any atom is -0.349 e. The molecule has 1 unspecified atom stereocenters. The molecule has 19 heavy (non-hydrogen) atoms. The van der Waals surface area contributed by atoms with Gasteiger partial charge >= 0.3 is 0 Å². The van der Waals surface area contributed by atoms with Crippen LogP contribution in [0.1, 0.15) is 31.9 Å². The molecule has 0 bridgehead atoms. The Bertz CT molecular complexity index is 575. The van der Waals surface area contributed by atoms with Gasteiger partial charge in [0.05, 0.1) is 17.4 Å². The van der Waals surface area contributed by atoms with E-state index in [1.165, 1.54) is 19.1 Å². The van der Waals surface area contributed by atoms with Gasteiger partial charge in [-0.25, -0.2) is 8.42 Å². The van der Waals surface area contributed by atoms with E-state index in [-0.39, 0.29) is 29.0 Å². The van der Waals surface area contributed by atoms with Gasteiger partial charge in [-0.15, -0.1) is 0 Å². The van der Waals surface area contributed by atoms with E-state index in [0.29, 0.717) is 0 Å². The second kappa shape index (κ2) is 5.97. The normalized spacial score (nSPS) is 12.8. The number of rotatable bonds is 5. The van der Waals surface area contributed by atoms with Crippen molar-refractivity contribution in [2.75, 3.05) is 6.26 Å². The Morgan fingerprint density at radius 1 is 1.21 bits per heavy atom. The van der Waals surface area contributed by atoms with Crippen LogP contribution in [-0.4, -0.2) is 26.4 Å². The highest BCUT2D eigenvalue weighted by molar-refractivity contribution is 7.90. The lowest BCUT2D eigenvalue weighted by atomic mass is 10.1. The summed E-state index contributed by atoms with van der Waals surface area (Å²) in [6.07, 6.45) is 0.992. The zero-order valence-corrected chi connectivity index (χ0v) is 12.0. The van der Waals surface area contributed by atoms with Crippen LogP contribution in [0.3, 0.4) is 0 Å². The van der Waals surface area contributed by atoms with Gasteiger partial charge in [-0.3, -0.25) is 9.59 Å². The first kappa shape index (κ1) is 15.4. The van der Waals surface area contributed by atoms with Crippen LogP contribution < -0.4 is 5.32 Å². The molecule has 0 heterocycles. The summed E-state index contributed by atoms with van der Waals surface area (Å²) in [5, 5.41) is 2.68. The smallest absolute Gasteiger partial charge is 0.227 e. The Morgan fingerprint density at radius 2 is 1.74 bits per heavy atom. The Labute approximate surface area is 112 Å². The number of hydrogen-bond acceptors (Lipinski definition) is 4. The van der Waals surface area contributed by atoms with Gasteiger partial charge in [-0.05, 0) is 31.5 Å². The molecule has 0 aliphatic rings. The summed E-state index contributed by atoms with van der Waals surface area (Å²) < 4.78 is 22.6. The van der Waals surface area contributed by atoms with E-state index < -0.39 is 9.84 Å². The fraction of sp³-hybridized carbons (Fsp3) is 0.385. The fourth-order valence-electron chi connectivity index (χ4n) is 1.61.